The largest absolute Gasteiger partial charge is 0.350 e. The number of para-hydroxylation sites is 1. The lowest BCUT2D eigenvalue weighted by molar-refractivity contribution is -0.142. The van der Waals surface area contributed by atoms with Crippen molar-refractivity contribution in [3.05, 3.63) is 101 Å². The lowest BCUT2D eigenvalue weighted by Crippen LogP contribution is -2.54. The van der Waals surface area contributed by atoms with Gasteiger partial charge in [0.25, 0.3) is 0 Å². The van der Waals surface area contributed by atoms with E-state index in [9.17, 15) is 18.0 Å². The number of anilines is 1. The van der Waals surface area contributed by atoms with Crippen LogP contribution in [0.15, 0.2) is 78.9 Å². The number of carbonyl (C=O) groups excluding carboxylic acids is 2. The third-order valence-electron chi connectivity index (χ3n) is 6.91. The topological polar surface area (TPSA) is 86.8 Å². The van der Waals surface area contributed by atoms with E-state index in [1.54, 1.807) is 17.0 Å². The van der Waals surface area contributed by atoms with Crippen molar-refractivity contribution in [2.45, 2.75) is 72.0 Å². The second kappa shape index (κ2) is 13.8. The van der Waals surface area contributed by atoms with E-state index in [0.717, 1.165) is 22.3 Å². The molecule has 2 amide bonds. The third-order valence-corrected chi connectivity index (χ3v) is 8.09. The van der Waals surface area contributed by atoms with Gasteiger partial charge in [-0.2, -0.15) is 0 Å². The highest BCUT2D eigenvalue weighted by Gasteiger charge is 2.32. The number of benzene rings is 3. The maximum Gasteiger partial charge on any atom is 0.243 e. The molecule has 0 radical (unpaired) electrons. The van der Waals surface area contributed by atoms with Gasteiger partial charge in [-0.15, -0.1) is 0 Å². The number of rotatable bonds is 12. The fraction of sp³-hybridized carbons (Fsp3) is 0.394. The maximum absolute atomic E-state index is 14.0. The number of aryl methyl sites for hydroxylation is 2. The number of carbonyl (C=O) groups is 2. The number of nitrogens with zero attached hydrogens (tertiary/aromatic N) is 2. The van der Waals surface area contributed by atoms with Gasteiger partial charge in [-0.25, -0.2) is 8.42 Å². The molecule has 3 aromatic carbocycles. The summed E-state index contributed by atoms with van der Waals surface area (Å²) in [5, 5.41) is 3.08. The molecule has 1 atom stereocenters. The molecule has 0 spiro atoms. The van der Waals surface area contributed by atoms with Gasteiger partial charge in [0.05, 0.1) is 11.9 Å². The highest BCUT2D eigenvalue weighted by Crippen LogP contribution is 2.24. The van der Waals surface area contributed by atoms with E-state index >= 15 is 0 Å². The van der Waals surface area contributed by atoms with Crippen LogP contribution in [0.1, 0.15) is 55.9 Å². The molecule has 0 aromatic heterocycles. The van der Waals surface area contributed by atoms with Gasteiger partial charge in [0.15, 0.2) is 0 Å². The number of sulfonamides is 1. The SMILES string of the molecule is Cc1ccccc1CN(C(=O)CCCN(c1ccccc1C)S(C)(=O)=O)[C@H](Cc1ccccc1)C(=O)NC(C)(C)C. The van der Waals surface area contributed by atoms with Gasteiger partial charge in [0.2, 0.25) is 21.8 Å². The van der Waals surface area contributed by atoms with Crippen LogP contribution >= 0.6 is 0 Å². The van der Waals surface area contributed by atoms with Crippen molar-refractivity contribution in [1.29, 1.82) is 0 Å². The highest BCUT2D eigenvalue weighted by atomic mass is 32.2. The second-order valence-corrected chi connectivity index (χ2v) is 13.5. The Morgan fingerprint density at radius 1 is 0.854 bits per heavy atom. The van der Waals surface area contributed by atoms with Gasteiger partial charge in [-0.05, 0) is 69.4 Å². The second-order valence-electron chi connectivity index (χ2n) is 11.6. The molecular weight excluding hydrogens is 534 g/mol. The Labute approximate surface area is 245 Å². The number of amides is 2. The normalized spacial score (nSPS) is 12.4. The lowest BCUT2D eigenvalue weighted by Gasteiger charge is -2.34. The first-order chi connectivity index (χ1) is 19.3. The van der Waals surface area contributed by atoms with Crippen molar-refractivity contribution in [1.82, 2.24) is 10.2 Å². The summed E-state index contributed by atoms with van der Waals surface area (Å²) in [5.74, 6) is -0.419. The summed E-state index contributed by atoms with van der Waals surface area (Å²) >= 11 is 0. The Balaban J connectivity index is 1.92. The molecule has 0 heterocycles. The number of nitrogens with one attached hydrogen (secondary N) is 1. The molecule has 0 fully saturated rings. The Morgan fingerprint density at radius 2 is 1.44 bits per heavy atom. The Morgan fingerprint density at radius 3 is 2.02 bits per heavy atom. The van der Waals surface area contributed by atoms with Crippen molar-refractivity contribution >= 4 is 27.5 Å². The summed E-state index contributed by atoms with van der Waals surface area (Å²) in [7, 11) is -3.56. The van der Waals surface area contributed by atoms with Crippen molar-refractivity contribution in [3.63, 3.8) is 0 Å². The van der Waals surface area contributed by atoms with Crippen molar-refractivity contribution in [2.75, 3.05) is 17.1 Å². The molecule has 0 aliphatic heterocycles. The van der Waals surface area contributed by atoms with E-state index < -0.39 is 21.6 Å². The fourth-order valence-electron chi connectivity index (χ4n) is 4.80. The average molecular weight is 578 g/mol. The molecule has 0 bridgehead atoms. The number of hydrogen-bond acceptors (Lipinski definition) is 4. The molecule has 41 heavy (non-hydrogen) atoms. The molecule has 0 saturated carbocycles. The predicted molar refractivity (Wildman–Crippen MR) is 166 cm³/mol. The monoisotopic (exact) mass is 577 g/mol. The van der Waals surface area contributed by atoms with Crippen LogP contribution in [0.4, 0.5) is 5.69 Å². The minimum Gasteiger partial charge on any atom is -0.350 e. The van der Waals surface area contributed by atoms with E-state index in [1.807, 2.05) is 101 Å². The van der Waals surface area contributed by atoms with Gasteiger partial charge in [-0.1, -0.05) is 72.8 Å². The first kappa shape index (κ1) is 31.9. The highest BCUT2D eigenvalue weighted by molar-refractivity contribution is 7.92. The first-order valence-corrected chi connectivity index (χ1v) is 15.8. The minimum atomic E-state index is -3.56. The van der Waals surface area contributed by atoms with E-state index in [4.69, 9.17) is 0 Å². The van der Waals surface area contributed by atoms with Crippen LogP contribution in [0.5, 0.6) is 0 Å². The molecule has 0 aliphatic rings. The molecular formula is C33H43N3O4S. The van der Waals surface area contributed by atoms with E-state index in [1.165, 1.54) is 10.6 Å². The van der Waals surface area contributed by atoms with Crippen molar-refractivity contribution < 1.29 is 18.0 Å². The zero-order chi connectivity index (χ0) is 30.2. The van der Waals surface area contributed by atoms with Crippen molar-refractivity contribution in [3.8, 4) is 0 Å². The molecule has 220 valence electrons. The van der Waals surface area contributed by atoms with Crippen molar-refractivity contribution in [2.24, 2.45) is 0 Å². The molecule has 7 nitrogen and oxygen atoms in total. The van der Waals surface area contributed by atoms with Gasteiger partial charge in [0, 0.05) is 31.5 Å². The zero-order valence-corrected chi connectivity index (χ0v) is 25.9. The summed E-state index contributed by atoms with van der Waals surface area (Å²) in [4.78, 5) is 29.4. The van der Waals surface area contributed by atoms with Crippen LogP contribution in [-0.2, 0) is 32.6 Å². The smallest absolute Gasteiger partial charge is 0.243 e. The molecule has 3 aromatic rings. The van der Waals surface area contributed by atoms with E-state index in [0.29, 0.717) is 18.5 Å². The summed E-state index contributed by atoms with van der Waals surface area (Å²) in [6.07, 6.45) is 1.94. The zero-order valence-electron chi connectivity index (χ0n) is 25.1. The van der Waals surface area contributed by atoms with Gasteiger partial charge < -0.3 is 10.2 Å². The average Bonchev–Trinajstić information content (AvgIpc) is 2.89. The molecule has 3 rings (SSSR count). The molecule has 0 aliphatic carbocycles. The molecule has 0 saturated heterocycles. The Kier molecular flexibility index (Phi) is 10.7. The quantitative estimate of drug-likeness (QED) is 0.312. The summed E-state index contributed by atoms with van der Waals surface area (Å²) in [6, 6.07) is 24.1. The van der Waals surface area contributed by atoms with Crippen LogP contribution in [0.2, 0.25) is 0 Å². The molecule has 0 unspecified atom stereocenters. The van der Waals surface area contributed by atoms with Crippen LogP contribution in [-0.4, -0.2) is 49.5 Å². The van der Waals surface area contributed by atoms with E-state index in [2.05, 4.69) is 5.32 Å². The first-order valence-electron chi connectivity index (χ1n) is 14.0. The van der Waals surface area contributed by atoms with Crippen LogP contribution in [0.3, 0.4) is 0 Å². The predicted octanol–water partition coefficient (Wildman–Crippen LogP) is 5.40. The molecule has 1 N–H and O–H groups in total. The fourth-order valence-corrected chi connectivity index (χ4v) is 5.83. The van der Waals surface area contributed by atoms with Crippen LogP contribution < -0.4 is 9.62 Å². The summed E-state index contributed by atoms with van der Waals surface area (Å²) in [6.45, 7) is 10.0. The van der Waals surface area contributed by atoms with Crippen LogP contribution in [0.25, 0.3) is 0 Å². The maximum atomic E-state index is 14.0. The third kappa shape index (κ3) is 9.46. The minimum absolute atomic E-state index is 0.0951. The lowest BCUT2D eigenvalue weighted by atomic mass is 9.99. The van der Waals surface area contributed by atoms with Gasteiger partial charge >= 0.3 is 0 Å². The van der Waals surface area contributed by atoms with Gasteiger partial charge in [0.1, 0.15) is 6.04 Å². The molecule has 8 heteroatoms. The number of hydrogen-bond donors (Lipinski definition) is 1. The van der Waals surface area contributed by atoms with Crippen LogP contribution in [0, 0.1) is 13.8 Å². The Hall–Kier alpha value is -3.65. The Bertz CT molecular complexity index is 1430. The summed E-state index contributed by atoms with van der Waals surface area (Å²) in [5.41, 5.74) is 3.90. The summed E-state index contributed by atoms with van der Waals surface area (Å²) < 4.78 is 26.7. The van der Waals surface area contributed by atoms with E-state index in [-0.39, 0.29) is 31.3 Å². The van der Waals surface area contributed by atoms with Gasteiger partial charge in [-0.3, -0.25) is 13.9 Å². The standard InChI is InChI=1S/C33H43N3O4S/c1-25-15-10-12-19-28(25)24-35(30(32(38)34-33(3,4)5)23-27-17-8-7-9-18-27)31(37)21-14-22-36(41(6,39)40)29-20-13-11-16-26(29)2/h7-13,15-20,30H,14,21-24H2,1-6H3,(H,34,38)/t30-/m1/s1.